The third-order valence-corrected chi connectivity index (χ3v) is 5.31. The van der Waals surface area contributed by atoms with Gasteiger partial charge in [0.05, 0.1) is 6.61 Å². The highest BCUT2D eigenvalue weighted by Gasteiger charge is 2.14. The number of halogens is 1. The van der Waals surface area contributed by atoms with E-state index in [9.17, 15) is 0 Å². The summed E-state index contributed by atoms with van der Waals surface area (Å²) >= 11 is 3.47. The van der Waals surface area contributed by atoms with E-state index in [0.717, 1.165) is 38.3 Å². The molecule has 0 aliphatic carbocycles. The van der Waals surface area contributed by atoms with Gasteiger partial charge in [0.2, 0.25) is 0 Å². The highest BCUT2D eigenvalue weighted by Crippen LogP contribution is 2.35. The molecule has 3 nitrogen and oxygen atoms in total. The van der Waals surface area contributed by atoms with Crippen molar-refractivity contribution in [1.82, 2.24) is 0 Å². The monoisotopic (exact) mass is 465 g/mol. The predicted molar refractivity (Wildman–Crippen MR) is 128 cm³/mol. The molecule has 0 aromatic heterocycles. The van der Waals surface area contributed by atoms with Crippen LogP contribution < -0.4 is 14.8 Å². The summed E-state index contributed by atoms with van der Waals surface area (Å²) in [5, 5.41) is 3.52. The lowest BCUT2D eigenvalue weighted by Crippen LogP contribution is -2.06. The maximum Gasteiger partial charge on any atom is 0.165 e. The molecule has 4 heteroatoms. The Labute approximate surface area is 187 Å². The van der Waals surface area contributed by atoms with Crippen LogP contribution in [0.25, 0.3) is 0 Å². The minimum absolute atomic E-state index is 0.484. The van der Waals surface area contributed by atoms with Gasteiger partial charge in [-0.3, -0.25) is 0 Å². The number of aryl methyl sites for hydroxylation is 1. The second kappa shape index (κ2) is 10.9. The van der Waals surface area contributed by atoms with Crippen molar-refractivity contribution in [2.45, 2.75) is 33.4 Å². The molecule has 1 N–H and O–H groups in total. The molecule has 156 valence electrons. The minimum Gasteiger partial charge on any atom is -0.490 e. The molecule has 0 aliphatic rings. The molecule has 0 unspecified atom stereocenters. The molecular formula is C26H28BrNO2. The standard InChI is InChI=1S/C26H28BrNO2/c1-4-8-22-15-21(17-28-24-10-7-6-9-19(24)3)16-25(29-5-2)26(22)30-18-20-11-13-23(27)14-12-20/h4,6-7,9-16,28H,1,5,8,17-18H2,2-3H3. The lowest BCUT2D eigenvalue weighted by atomic mass is 10.0. The molecule has 3 rings (SSSR count). The summed E-state index contributed by atoms with van der Waals surface area (Å²) in [7, 11) is 0. The molecule has 3 aromatic carbocycles. The number of benzene rings is 3. The van der Waals surface area contributed by atoms with Crippen LogP contribution in [0.2, 0.25) is 0 Å². The number of allylic oxidation sites excluding steroid dienone is 1. The van der Waals surface area contributed by atoms with E-state index in [1.54, 1.807) is 0 Å². The van der Waals surface area contributed by atoms with Gasteiger partial charge in [0.15, 0.2) is 11.5 Å². The van der Waals surface area contributed by atoms with Crippen LogP contribution in [0.4, 0.5) is 5.69 Å². The van der Waals surface area contributed by atoms with Crippen LogP contribution in [0, 0.1) is 6.92 Å². The van der Waals surface area contributed by atoms with Crippen LogP contribution in [0.5, 0.6) is 11.5 Å². The Morgan fingerprint density at radius 1 is 1.00 bits per heavy atom. The molecular weight excluding hydrogens is 438 g/mol. The Bertz CT molecular complexity index is 983. The van der Waals surface area contributed by atoms with Gasteiger partial charge in [-0.15, -0.1) is 6.58 Å². The van der Waals surface area contributed by atoms with E-state index in [-0.39, 0.29) is 0 Å². The van der Waals surface area contributed by atoms with Crippen molar-refractivity contribution in [3.63, 3.8) is 0 Å². The van der Waals surface area contributed by atoms with Crippen molar-refractivity contribution in [2.75, 3.05) is 11.9 Å². The Hall–Kier alpha value is -2.72. The van der Waals surface area contributed by atoms with Crippen molar-refractivity contribution in [3.8, 4) is 11.5 Å². The van der Waals surface area contributed by atoms with Crippen LogP contribution in [-0.2, 0) is 19.6 Å². The summed E-state index contributed by atoms with van der Waals surface area (Å²) in [4.78, 5) is 0. The van der Waals surface area contributed by atoms with E-state index >= 15 is 0 Å². The molecule has 0 amide bonds. The van der Waals surface area contributed by atoms with Gasteiger partial charge in [-0.25, -0.2) is 0 Å². The third-order valence-electron chi connectivity index (χ3n) is 4.78. The topological polar surface area (TPSA) is 30.5 Å². The first-order chi connectivity index (χ1) is 14.6. The van der Waals surface area contributed by atoms with Crippen molar-refractivity contribution in [1.29, 1.82) is 0 Å². The second-order valence-electron chi connectivity index (χ2n) is 7.09. The average molecular weight is 466 g/mol. The highest BCUT2D eigenvalue weighted by atomic mass is 79.9. The summed E-state index contributed by atoms with van der Waals surface area (Å²) < 4.78 is 13.2. The van der Waals surface area contributed by atoms with Crippen LogP contribution in [0.15, 0.2) is 77.8 Å². The van der Waals surface area contributed by atoms with Gasteiger partial charge in [0.1, 0.15) is 6.61 Å². The first-order valence-electron chi connectivity index (χ1n) is 10.2. The number of hydrogen-bond acceptors (Lipinski definition) is 3. The summed E-state index contributed by atoms with van der Waals surface area (Å²) in [6.07, 6.45) is 2.62. The zero-order chi connectivity index (χ0) is 21.3. The van der Waals surface area contributed by atoms with E-state index in [1.165, 1.54) is 5.56 Å². The average Bonchev–Trinajstić information content (AvgIpc) is 2.74. The smallest absolute Gasteiger partial charge is 0.165 e. The van der Waals surface area contributed by atoms with Crippen molar-refractivity contribution in [3.05, 3.63) is 100 Å². The molecule has 0 bridgehead atoms. The Balaban J connectivity index is 1.84. The van der Waals surface area contributed by atoms with Gasteiger partial charge < -0.3 is 14.8 Å². The number of nitrogens with one attached hydrogen (secondary N) is 1. The maximum atomic E-state index is 6.23. The van der Waals surface area contributed by atoms with Gasteiger partial charge in [-0.05, 0) is 67.3 Å². The van der Waals surface area contributed by atoms with E-state index < -0.39 is 0 Å². The minimum atomic E-state index is 0.484. The summed E-state index contributed by atoms with van der Waals surface area (Å²) in [5.41, 5.74) is 5.69. The van der Waals surface area contributed by atoms with E-state index in [1.807, 2.05) is 37.3 Å². The van der Waals surface area contributed by atoms with Crippen LogP contribution >= 0.6 is 15.9 Å². The highest BCUT2D eigenvalue weighted by molar-refractivity contribution is 9.10. The number of ether oxygens (including phenoxy) is 2. The predicted octanol–water partition coefficient (Wildman–Crippen LogP) is 7.08. The number of para-hydroxylation sites is 1. The Morgan fingerprint density at radius 2 is 1.77 bits per heavy atom. The van der Waals surface area contributed by atoms with Crippen LogP contribution in [0.1, 0.15) is 29.2 Å². The summed E-state index contributed by atoms with van der Waals surface area (Å²) in [6.45, 7) is 9.79. The number of rotatable bonds is 10. The van der Waals surface area contributed by atoms with Crippen LogP contribution in [0.3, 0.4) is 0 Å². The molecule has 0 saturated heterocycles. The summed E-state index contributed by atoms with van der Waals surface area (Å²) in [6, 6.07) is 20.7. The normalized spacial score (nSPS) is 10.5. The van der Waals surface area contributed by atoms with Gasteiger partial charge in [0, 0.05) is 22.3 Å². The first-order valence-corrected chi connectivity index (χ1v) is 11.0. The Morgan fingerprint density at radius 3 is 2.47 bits per heavy atom. The molecule has 30 heavy (non-hydrogen) atoms. The van der Waals surface area contributed by atoms with E-state index in [0.29, 0.717) is 26.2 Å². The molecule has 0 radical (unpaired) electrons. The summed E-state index contributed by atoms with van der Waals surface area (Å²) in [5.74, 6) is 1.56. The second-order valence-corrected chi connectivity index (χ2v) is 8.01. The van der Waals surface area contributed by atoms with Gasteiger partial charge >= 0.3 is 0 Å². The zero-order valence-electron chi connectivity index (χ0n) is 17.6. The first kappa shape index (κ1) is 22.0. The van der Waals surface area contributed by atoms with E-state index in [4.69, 9.17) is 9.47 Å². The van der Waals surface area contributed by atoms with Gasteiger partial charge in [0.25, 0.3) is 0 Å². The fourth-order valence-corrected chi connectivity index (χ4v) is 3.53. The molecule has 0 heterocycles. The number of hydrogen-bond donors (Lipinski definition) is 1. The molecule has 0 spiro atoms. The fraction of sp³-hybridized carbons (Fsp3) is 0.231. The Kier molecular flexibility index (Phi) is 7.97. The van der Waals surface area contributed by atoms with Gasteiger partial charge in [-0.1, -0.05) is 52.3 Å². The van der Waals surface area contributed by atoms with Crippen molar-refractivity contribution in [2.24, 2.45) is 0 Å². The van der Waals surface area contributed by atoms with Gasteiger partial charge in [-0.2, -0.15) is 0 Å². The SMILES string of the molecule is C=CCc1cc(CNc2ccccc2C)cc(OCC)c1OCc1ccc(Br)cc1. The largest absolute Gasteiger partial charge is 0.490 e. The quantitative estimate of drug-likeness (QED) is 0.324. The lowest BCUT2D eigenvalue weighted by molar-refractivity contribution is 0.267. The maximum absolute atomic E-state index is 6.23. The fourth-order valence-electron chi connectivity index (χ4n) is 3.26. The molecule has 0 fully saturated rings. The van der Waals surface area contributed by atoms with Crippen molar-refractivity contribution < 1.29 is 9.47 Å². The lowest BCUT2D eigenvalue weighted by Gasteiger charge is -2.18. The van der Waals surface area contributed by atoms with E-state index in [2.05, 4.69) is 71.1 Å². The number of anilines is 1. The zero-order valence-corrected chi connectivity index (χ0v) is 19.2. The van der Waals surface area contributed by atoms with Crippen molar-refractivity contribution >= 4 is 21.6 Å². The molecule has 0 aliphatic heterocycles. The third kappa shape index (κ3) is 5.90. The molecule has 3 aromatic rings. The van der Waals surface area contributed by atoms with Crippen LogP contribution in [-0.4, -0.2) is 6.61 Å². The molecule has 0 saturated carbocycles. The molecule has 0 atom stereocenters.